The molecule has 9 heteroatoms. The number of nitrogen functional groups attached to an aromatic ring is 1. The third kappa shape index (κ3) is 3.57. The number of allylic oxidation sites excluding steroid dienone is 2. The van der Waals surface area contributed by atoms with Crippen molar-refractivity contribution in [3.8, 4) is 0 Å². The van der Waals surface area contributed by atoms with E-state index in [9.17, 15) is 19.7 Å². The Labute approximate surface area is 192 Å². The number of nitrogens with one attached hydrogen (secondary N) is 1. The molecule has 162 valence electrons. The highest BCUT2D eigenvalue weighted by atomic mass is 35.5. The summed E-state index contributed by atoms with van der Waals surface area (Å²) in [6, 6.07) is 12.7. The lowest BCUT2D eigenvalue weighted by atomic mass is 9.80. The molecule has 0 amide bonds. The van der Waals surface area contributed by atoms with Gasteiger partial charge >= 0.3 is 0 Å². The fraction of sp³-hybridized carbons (Fsp3) is 0.130. The second kappa shape index (κ2) is 8.22. The number of fused-ring (bicyclic) bond motifs is 1. The molecule has 1 atom stereocenters. The van der Waals surface area contributed by atoms with Crippen molar-refractivity contribution >= 4 is 50.9 Å². The molecule has 1 unspecified atom stereocenters. The number of carbonyl (C=O) groups is 2. The van der Waals surface area contributed by atoms with Crippen LogP contribution in [0.5, 0.6) is 0 Å². The van der Waals surface area contributed by atoms with E-state index in [1.54, 1.807) is 19.1 Å². The highest BCUT2D eigenvalue weighted by Crippen LogP contribution is 2.51. The Balaban J connectivity index is 1.89. The molecule has 1 aliphatic rings. The molecule has 0 saturated carbocycles. The maximum Gasteiger partial charge on any atom is 0.270 e. The van der Waals surface area contributed by atoms with Gasteiger partial charge in [0.2, 0.25) is 5.78 Å². The maximum atomic E-state index is 13.2. The van der Waals surface area contributed by atoms with Gasteiger partial charge in [0.25, 0.3) is 5.69 Å². The van der Waals surface area contributed by atoms with Crippen molar-refractivity contribution in [2.75, 3.05) is 11.1 Å². The fourth-order valence-electron chi connectivity index (χ4n) is 3.98. The van der Waals surface area contributed by atoms with Crippen LogP contribution < -0.4 is 11.1 Å². The second-order valence-electron chi connectivity index (χ2n) is 7.40. The van der Waals surface area contributed by atoms with Gasteiger partial charge in [0.1, 0.15) is 4.88 Å². The standard InChI is InChI=1S/C23H18ClN3O4S/c1-11-17(12(2)28)18(15-8-3-4-9-16(15)24)19-20(25)22(32-23(19)26-11)21(29)13-6-5-7-14(10-13)27(30)31/h3-10,18,26H,25H2,1-2H3. The van der Waals surface area contributed by atoms with Gasteiger partial charge in [-0.15, -0.1) is 11.3 Å². The Morgan fingerprint density at radius 2 is 1.91 bits per heavy atom. The Morgan fingerprint density at radius 3 is 2.56 bits per heavy atom. The van der Waals surface area contributed by atoms with Crippen molar-refractivity contribution in [3.63, 3.8) is 0 Å². The first-order chi connectivity index (χ1) is 15.2. The Kier molecular flexibility index (Phi) is 5.58. The van der Waals surface area contributed by atoms with Gasteiger partial charge in [0, 0.05) is 45.5 Å². The van der Waals surface area contributed by atoms with E-state index in [2.05, 4.69) is 5.32 Å². The minimum absolute atomic E-state index is 0.136. The molecule has 1 aliphatic heterocycles. The van der Waals surface area contributed by atoms with E-state index in [0.29, 0.717) is 32.4 Å². The van der Waals surface area contributed by atoms with Crippen LogP contribution in [0.2, 0.25) is 5.02 Å². The maximum absolute atomic E-state index is 13.2. The number of thiophene rings is 1. The molecule has 0 fully saturated rings. The van der Waals surface area contributed by atoms with E-state index in [4.69, 9.17) is 17.3 Å². The molecular formula is C23H18ClN3O4S. The number of nitrogens with two attached hydrogens (primary N) is 1. The molecule has 1 aromatic heterocycles. The highest BCUT2D eigenvalue weighted by molar-refractivity contribution is 7.19. The van der Waals surface area contributed by atoms with Crippen molar-refractivity contribution in [2.24, 2.45) is 0 Å². The number of nitrogens with zero attached hydrogens (tertiary/aromatic N) is 1. The smallest absolute Gasteiger partial charge is 0.270 e. The normalized spacial score (nSPS) is 15.2. The summed E-state index contributed by atoms with van der Waals surface area (Å²) in [7, 11) is 0. The summed E-state index contributed by atoms with van der Waals surface area (Å²) in [5, 5.41) is 15.4. The number of non-ortho nitro benzene ring substituents is 1. The van der Waals surface area contributed by atoms with Crippen LogP contribution in [0.4, 0.5) is 16.4 Å². The number of nitro benzene ring substituents is 1. The zero-order chi connectivity index (χ0) is 23.2. The Hall–Kier alpha value is -3.49. The van der Waals surface area contributed by atoms with Crippen molar-refractivity contribution in [3.05, 3.63) is 96.5 Å². The van der Waals surface area contributed by atoms with Gasteiger partial charge in [-0.1, -0.05) is 41.9 Å². The average molecular weight is 468 g/mol. The zero-order valence-corrected chi connectivity index (χ0v) is 18.7. The summed E-state index contributed by atoms with van der Waals surface area (Å²) >= 11 is 7.64. The third-order valence-electron chi connectivity index (χ3n) is 5.39. The summed E-state index contributed by atoms with van der Waals surface area (Å²) in [5.41, 5.74) is 9.18. The summed E-state index contributed by atoms with van der Waals surface area (Å²) in [5.74, 6) is -1.10. The number of hydrogen-bond donors (Lipinski definition) is 2. The number of carbonyl (C=O) groups excluding carboxylic acids is 2. The molecule has 0 spiro atoms. The van der Waals surface area contributed by atoms with E-state index in [1.165, 1.54) is 31.2 Å². The Morgan fingerprint density at radius 1 is 1.19 bits per heavy atom. The number of anilines is 2. The van der Waals surface area contributed by atoms with Crippen molar-refractivity contribution in [2.45, 2.75) is 19.8 Å². The van der Waals surface area contributed by atoms with Gasteiger partial charge in [-0.25, -0.2) is 0 Å². The topological polar surface area (TPSA) is 115 Å². The number of Topliss-reactive ketones (excluding diaryl/α,β-unsaturated/α-hetero) is 1. The predicted octanol–water partition coefficient (Wildman–Crippen LogP) is 5.54. The first kappa shape index (κ1) is 21.7. The van der Waals surface area contributed by atoms with E-state index < -0.39 is 16.6 Å². The van der Waals surface area contributed by atoms with E-state index in [1.807, 2.05) is 12.1 Å². The predicted molar refractivity (Wildman–Crippen MR) is 126 cm³/mol. The van der Waals surface area contributed by atoms with Crippen LogP contribution in [0.3, 0.4) is 0 Å². The van der Waals surface area contributed by atoms with Crippen LogP contribution in [0.15, 0.2) is 59.8 Å². The molecule has 0 saturated heterocycles. The van der Waals surface area contributed by atoms with E-state index in [-0.39, 0.29) is 27.6 Å². The van der Waals surface area contributed by atoms with Gasteiger partial charge < -0.3 is 11.1 Å². The first-order valence-corrected chi connectivity index (χ1v) is 10.8. The van der Waals surface area contributed by atoms with Gasteiger partial charge in [0.05, 0.1) is 15.6 Å². The quantitative estimate of drug-likeness (QED) is 0.289. The van der Waals surface area contributed by atoms with E-state index in [0.717, 1.165) is 11.3 Å². The molecule has 4 rings (SSSR count). The number of ketones is 2. The monoisotopic (exact) mass is 467 g/mol. The van der Waals surface area contributed by atoms with Crippen LogP contribution >= 0.6 is 22.9 Å². The first-order valence-electron chi connectivity index (χ1n) is 9.65. The second-order valence-corrected chi connectivity index (χ2v) is 8.83. The molecule has 2 heterocycles. The van der Waals surface area contributed by atoms with Crippen LogP contribution in [-0.2, 0) is 4.79 Å². The van der Waals surface area contributed by atoms with Crippen LogP contribution in [0.1, 0.15) is 46.1 Å². The van der Waals surface area contributed by atoms with Crippen molar-refractivity contribution < 1.29 is 14.5 Å². The lowest BCUT2D eigenvalue weighted by molar-refractivity contribution is -0.384. The lowest BCUT2D eigenvalue weighted by Gasteiger charge is -2.29. The van der Waals surface area contributed by atoms with Crippen LogP contribution in [-0.4, -0.2) is 16.5 Å². The number of hydrogen-bond acceptors (Lipinski definition) is 7. The molecule has 32 heavy (non-hydrogen) atoms. The summed E-state index contributed by atoms with van der Waals surface area (Å²) in [6.07, 6.45) is 0. The third-order valence-corrected chi connectivity index (χ3v) is 6.87. The summed E-state index contributed by atoms with van der Waals surface area (Å²) in [4.78, 5) is 36.6. The molecule has 2 aromatic carbocycles. The number of halogens is 1. The van der Waals surface area contributed by atoms with Crippen LogP contribution in [0.25, 0.3) is 0 Å². The van der Waals surface area contributed by atoms with Gasteiger partial charge in [0.15, 0.2) is 5.78 Å². The number of rotatable bonds is 5. The summed E-state index contributed by atoms with van der Waals surface area (Å²) in [6.45, 7) is 3.27. The lowest BCUT2D eigenvalue weighted by Crippen LogP contribution is -2.21. The van der Waals surface area contributed by atoms with Gasteiger partial charge in [-0.3, -0.25) is 19.7 Å². The zero-order valence-electron chi connectivity index (χ0n) is 17.1. The van der Waals surface area contributed by atoms with Crippen molar-refractivity contribution in [1.82, 2.24) is 0 Å². The number of nitro groups is 1. The summed E-state index contributed by atoms with van der Waals surface area (Å²) < 4.78 is 0. The number of benzene rings is 2. The fourth-order valence-corrected chi connectivity index (χ4v) is 5.40. The minimum atomic E-state index is -0.555. The SMILES string of the molecule is CC(=O)C1=C(C)Nc2sc(C(=O)c3cccc([N+](=O)[O-])c3)c(N)c2C1c1ccccc1Cl. The Bertz CT molecular complexity index is 1330. The highest BCUT2D eigenvalue weighted by Gasteiger charge is 2.37. The van der Waals surface area contributed by atoms with Crippen molar-refractivity contribution in [1.29, 1.82) is 0 Å². The van der Waals surface area contributed by atoms with E-state index >= 15 is 0 Å². The molecular weight excluding hydrogens is 450 g/mol. The van der Waals surface area contributed by atoms with Gasteiger partial charge in [-0.2, -0.15) is 0 Å². The molecule has 0 radical (unpaired) electrons. The minimum Gasteiger partial charge on any atom is -0.397 e. The molecule has 7 nitrogen and oxygen atoms in total. The average Bonchev–Trinajstić information content (AvgIpc) is 3.08. The molecule has 0 bridgehead atoms. The molecule has 3 aromatic rings. The van der Waals surface area contributed by atoms with Gasteiger partial charge in [-0.05, 0) is 25.5 Å². The van der Waals surface area contributed by atoms with Crippen LogP contribution in [0, 0.1) is 10.1 Å². The molecule has 3 N–H and O–H groups in total. The molecule has 0 aliphatic carbocycles. The largest absolute Gasteiger partial charge is 0.397 e.